The number of Topliss-reactive ketones (excluding diaryl/α,β-unsaturated/α-hetero) is 1. The topological polar surface area (TPSA) is 26.3 Å². The fourth-order valence-corrected chi connectivity index (χ4v) is 3.65. The number of thioether (sulfide) groups is 1. The summed E-state index contributed by atoms with van der Waals surface area (Å²) < 4.78 is 19.0. The molecular weight excluding hydrogens is 287 g/mol. The molecule has 2 aromatic carbocycles. The van der Waals surface area contributed by atoms with Crippen molar-refractivity contribution in [2.45, 2.75) is 23.5 Å². The van der Waals surface area contributed by atoms with Crippen molar-refractivity contribution in [1.29, 1.82) is 0 Å². The summed E-state index contributed by atoms with van der Waals surface area (Å²) >= 11 is 1.79. The van der Waals surface area contributed by atoms with Crippen molar-refractivity contribution in [2.24, 2.45) is 0 Å². The van der Waals surface area contributed by atoms with Gasteiger partial charge in [-0.25, -0.2) is 4.39 Å². The van der Waals surface area contributed by atoms with Crippen LogP contribution in [-0.4, -0.2) is 17.6 Å². The van der Waals surface area contributed by atoms with Gasteiger partial charge < -0.3 is 4.74 Å². The quantitative estimate of drug-likeness (QED) is 0.795. The number of hydrogen-bond acceptors (Lipinski definition) is 3. The predicted octanol–water partition coefficient (Wildman–Crippen LogP) is 4.12. The van der Waals surface area contributed by atoms with Crippen molar-refractivity contribution < 1.29 is 13.9 Å². The first-order valence-corrected chi connectivity index (χ1v) is 7.69. The molecule has 0 N–H and O–H groups in total. The number of carbonyl (C=O) groups is 1. The molecule has 0 spiro atoms. The van der Waals surface area contributed by atoms with Gasteiger partial charge in [0.25, 0.3) is 0 Å². The number of ether oxygens (including phenoxy) is 1. The van der Waals surface area contributed by atoms with Gasteiger partial charge >= 0.3 is 0 Å². The van der Waals surface area contributed by atoms with Crippen molar-refractivity contribution >= 4 is 17.5 Å². The van der Waals surface area contributed by atoms with Crippen molar-refractivity contribution in [3.63, 3.8) is 0 Å². The monoisotopic (exact) mass is 302 g/mol. The normalized spacial score (nSPS) is 16.6. The second kappa shape index (κ2) is 5.90. The Labute approximate surface area is 127 Å². The molecule has 21 heavy (non-hydrogen) atoms. The van der Waals surface area contributed by atoms with Crippen LogP contribution in [0.2, 0.25) is 0 Å². The fraction of sp³-hybridized carbons (Fsp3) is 0.235. The zero-order valence-corrected chi connectivity index (χ0v) is 12.5. The van der Waals surface area contributed by atoms with Gasteiger partial charge in [0.15, 0.2) is 5.78 Å². The van der Waals surface area contributed by atoms with Crippen molar-refractivity contribution in [1.82, 2.24) is 0 Å². The fourth-order valence-electron chi connectivity index (χ4n) is 2.43. The third kappa shape index (κ3) is 3.10. The number of ketones is 1. The highest BCUT2D eigenvalue weighted by molar-refractivity contribution is 8.00. The summed E-state index contributed by atoms with van der Waals surface area (Å²) in [6, 6.07) is 12.4. The minimum absolute atomic E-state index is 0.188. The maximum Gasteiger partial charge on any atom is 0.163 e. The third-order valence-corrected chi connectivity index (χ3v) is 4.75. The van der Waals surface area contributed by atoms with Crippen molar-refractivity contribution in [3.05, 3.63) is 59.4 Å². The molecule has 0 saturated carbocycles. The van der Waals surface area contributed by atoms with Crippen molar-refractivity contribution in [3.8, 4) is 5.75 Å². The van der Waals surface area contributed by atoms with Gasteiger partial charge in [0.1, 0.15) is 18.2 Å². The molecule has 2 aromatic rings. The van der Waals surface area contributed by atoms with E-state index in [-0.39, 0.29) is 5.78 Å². The minimum atomic E-state index is -0.421. The summed E-state index contributed by atoms with van der Waals surface area (Å²) in [5, 5.41) is 0.326. The zero-order chi connectivity index (χ0) is 14.8. The highest BCUT2D eigenvalue weighted by Crippen LogP contribution is 2.37. The molecule has 1 aliphatic rings. The Morgan fingerprint density at radius 1 is 1.33 bits per heavy atom. The second-order valence-electron chi connectivity index (χ2n) is 5.06. The number of fused-ring (bicyclic) bond motifs is 1. The maximum atomic E-state index is 13.2. The second-order valence-corrected chi connectivity index (χ2v) is 6.40. The Kier molecular flexibility index (Phi) is 3.97. The van der Waals surface area contributed by atoms with Gasteiger partial charge in [-0.2, -0.15) is 0 Å². The summed E-state index contributed by atoms with van der Waals surface area (Å²) in [5.41, 5.74) is 1.64. The molecule has 3 rings (SSSR count). The molecule has 1 atom stereocenters. The van der Waals surface area contributed by atoms with E-state index in [1.54, 1.807) is 11.8 Å². The molecule has 0 saturated heterocycles. The van der Waals surface area contributed by atoms with Crippen LogP contribution in [0.15, 0.2) is 47.4 Å². The zero-order valence-electron chi connectivity index (χ0n) is 11.6. The lowest BCUT2D eigenvalue weighted by molar-refractivity contribution is 0.101. The molecule has 1 heterocycles. The van der Waals surface area contributed by atoms with E-state index >= 15 is 0 Å². The largest absolute Gasteiger partial charge is 0.492 e. The summed E-state index contributed by atoms with van der Waals surface area (Å²) in [5.74, 6) is -0.150. The number of carbonyl (C=O) groups excluding carboxylic acids is 1. The number of rotatable bonds is 4. The molecular formula is C17H15FO2S. The van der Waals surface area contributed by atoms with E-state index in [4.69, 9.17) is 4.74 Å². The van der Waals surface area contributed by atoms with Gasteiger partial charge in [-0.3, -0.25) is 4.79 Å². The van der Waals surface area contributed by atoms with Crippen LogP contribution in [0.3, 0.4) is 0 Å². The maximum absolute atomic E-state index is 13.2. The van der Waals surface area contributed by atoms with E-state index in [0.29, 0.717) is 23.2 Å². The lowest BCUT2D eigenvalue weighted by atomic mass is 10.1. The van der Waals surface area contributed by atoms with Gasteiger partial charge in [-0.1, -0.05) is 18.2 Å². The van der Waals surface area contributed by atoms with E-state index in [1.165, 1.54) is 35.6 Å². The molecule has 2 nitrogen and oxygen atoms in total. The third-order valence-electron chi connectivity index (χ3n) is 3.46. The van der Waals surface area contributed by atoms with E-state index in [1.807, 2.05) is 12.1 Å². The molecule has 1 unspecified atom stereocenters. The lowest BCUT2D eigenvalue weighted by Crippen LogP contribution is -2.14. The summed E-state index contributed by atoms with van der Waals surface area (Å²) in [7, 11) is 0. The van der Waals surface area contributed by atoms with Gasteiger partial charge in [-0.05, 0) is 43.2 Å². The standard InChI is InChI=1S/C17H15FO2S/c1-11(19)15-9-13(18)6-7-16(15)20-10-14-8-12-4-2-3-5-17(12)21-14/h2-7,9,14H,8,10H2,1H3. The SMILES string of the molecule is CC(=O)c1cc(F)ccc1OCC1Cc2ccccc2S1. The van der Waals surface area contributed by atoms with Crippen molar-refractivity contribution in [2.75, 3.05) is 6.61 Å². The highest BCUT2D eigenvalue weighted by atomic mass is 32.2. The molecule has 0 amide bonds. The number of halogens is 1. The Morgan fingerprint density at radius 2 is 2.14 bits per heavy atom. The predicted molar refractivity (Wildman–Crippen MR) is 81.7 cm³/mol. The van der Waals surface area contributed by atoms with Crippen LogP contribution in [0.4, 0.5) is 4.39 Å². The summed E-state index contributed by atoms with van der Waals surface area (Å²) in [6.07, 6.45) is 0.956. The number of benzene rings is 2. The average molecular weight is 302 g/mol. The molecule has 4 heteroatoms. The van der Waals surface area contributed by atoms with Crippen LogP contribution in [0, 0.1) is 5.82 Å². The molecule has 0 radical (unpaired) electrons. The van der Waals surface area contributed by atoms with Gasteiger partial charge in [0.2, 0.25) is 0 Å². The minimum Gasteiger partial charge on any atom is -0.492 e. The molecule has 0 aromatic heterocycles. The lowest BCUT2D eigenvalue weighted by Gasteiger charge is -2.13. The Hall–Kier alpha value is -1.81. The van der Waals surface area contributed by atoms with Crippen LogP contribution in [0.5, 0.6) is 5.75 Å². The van der Waals surface area contributed by atoms with Gasteiger partial charge in [-0.15, -0.1) is 11.8 Å². The van der Waals surface area contributed by atoms with Crippen LogP contribution in [0.25, 0.3) is 0 Å². The van der Waals surface area contributed by atoms with Crippen LogP contribution in [-0.2, 0) is 6.42 Å². The van der Waals surface area contributed by atoms with E-state index < -0.39 is 5.82 Å². The summed E-state index contributed by atoms with van der Waals surface area (Å²) in [4.78, 5) is 12.8. The highest BCUT2D eigenvalue weighted by Gasteiger charge is 2.23. The number of hydrogen-bond donors (Lipinski definition) is 0. The van der Waals surface area contributed by atoms with Gasteiger partial charge in [0.05, 0.1) is 5.56 Å². The molecule has 0 bridgehead atoms. The van der Waals surface area contributed by atoms with E-state index in [0.717, 1.165) is 6.42 Å². The smallest absolute Gasteiger partial charge is 0.163 e. The van der Waals surface area contributed by atoms with Crippen LogP contribution < -0.4 is 4.74 Å². The Balaban J connectivity index is 1.68. The van der Waals surface area contributed by atoms with E-state index in [9.17, 15) is 9.18 Å². The first-order valence-electron chi connectivity index (χ1n) is 6.81. The summed E-state index contributed by atoms with van der Waals surface area (Å²) in [6.45, 7) is 1.92. The van der Waals surface area contributed by atoms with Crippen LogP contribution >= 0.6 is 11.8 Å². The first-order chi connectivity index (χ1) is 10.1. The van der Waals surface area contributed by atoms with Gasteiger partial charge in [0, 0.05) is 10.1 Å². The molecule has 0 aliphatic carbocycles. The molecule has 1 aliphatic heterocycles. The molecule has 0 fully saturated rings. The Morgan fingerprint density at radius 3 is 2.90 bits per heavy atom. The van der Waals surface area contributed by atoms with Crippen LogP contribution in [0.1, 0.15) is 22.8 Å². The van der Waals surface area contributed by atoms with E-state index in [2.05, 4.69) is 12.1 Å². The average Bonchev–Trinajstić information content (AvgIpc) is 2.88. The Bertz CT molecular complexity index is 659. The first kappa shape index (κ1) is 14.1. The molecule has 108 valence electrons.